The highest BCUT2D eigenvalue weighted by Crippen LogP contribution is 2.28. The van der Waals surface area contributed by atoms with Crippen LogP contribution < -0.4 is 5.32 Å². The molecule has 1 amide bonds. The number of anilines is 1. The maximum atomic E-state index is 11.9. The first kappa shape index (κ1) is 13.3. The van der Waals surface area contributed by atoms with Crippen molar-refractivity contribution in [1.29, 1.82) is 0 Å². The summed E-state index contributed by atoms with van der Waals surface area (Å²) in [5.74, 6) is 0.147. The molecular formula is C14H13BrN2O3. The number of rotatable bonds is 3. The van der Waals surface area contributed by atoms with Gasteiger partial charge >= 0.3 is 0 Å². The molecule has 0 unspecified atom stereocenters. The number of amides is 1. The Balaban J connectivity index is 1.74. The van der Waals surface area contributed by atoms with E-state index in [-0.39, 0.29) is 12.0 Å². The molecule has 0 aliphatic carbocycles. The Labute approximate surface area is 124 Å². The predicted octanol–water partition coefficient (Wildman–Crippen LogP) is 3.22. The third-order valence-corrected chi connectivity index (χ3v) is 3.82. The summed E-state index contributed by atoms with van der Waals surface area (Å²) in [4.78, 5) is 11.9. The summed E-state index contributed by atoms with van der Waals surface area (Å²) in [6.07, 6.45) is 1.28. The highest BCUT2D eigenvalue weighted by molar-refractivity contribution is 9.10. The number of carbonyl (C=O) groups excluding carboxylic acids is 1. The molecule has 0 radical (unpaired) electrons. The van der Waals surface area contributed by atoms with E-state index in [0.29, 0.717) is 18.2 Å². The number of carbonyl (C=O) groups is 1. The zero-order valence-electron chi connectivity index (χ0n) is 10.6. The Kier molecular flexibility index (Phi) is 3.84. The lowest BCUT2D eigenvalue weighted by molar-refractivity contribution is -0.124. The largest absolute Gasteiger partial charge is 0.368 e. The van der Waals surface area contributed by atoms with Gasteiger partial charge in [-0.2, -0.15) is 0 Å². The average Bonchev–Trinajstić information content (AvgIpc) is 3.10. The van der Waals surface area contributed by atoms with Crippen molar-refractivity contribution >= 4 is 27.7 Å². The number of nitrogens with one attached hydrogen (secondary N) is 1. The lowest BCUT2D eigenvalue weighted by Crippen LogP contribution is -2.26. The first-order valence-corrected chi connectivity index (χ1v) is 7.17. The van der Waals surface area contributed by atoms with E-state index in [2.05, 4.69) is 26.4 Å². The molecule has 0 spiro atoms. The second-order valence-corrected chi connectivity index (χ2v) is 5.40. The third kappa shape index (κ3) is 2.76. The van der Waals surface area contributed by atoms with Crippen LogP contribution in [0.3, 0.4) is 0 Å². The summed E-state index contributed by atoms with van der Waals surface area (Å²) < 4.78 is 11.4. The van der Waals surface area contributed by atoms with E-state index in [0.717, 1.165) is 22.9 Å². The van der Waals surface area contributed by atoms with Gasteiger partial charge in [-0.1, -0.05) is 39.3 Å². The molecule has 2 aromatic rings. The summed E-state index contributed by atoms with van der Waals surface area (Å²) >= 11 is 3.46. The van der Waals surface area contributed by atoms with Crippen LogP contribution in [-0.4, -0.2) is 23.8 Å². The van der Waals surface area contributed by atoms with Gasteiger partial charge in [0.2, 0.25) is 5.88 Å². The first-order chi connectivity index (χ1) is 9.74. The number of hydrogen-bond acceptors (Lipinski definition) is 4. The first-order valence-electron chi connectivity index (χ1n) is 6.38. The predicted molar refractivity (Wildman–Crippen MR) is 77.2 cm³/mol. The quantitative estimate of drug-likeness (QED) is 0.934. The number of benzene rings is 1. The molecule has 2 heterocycles. The van der Waals surface area contributed by atoms with Crippen LogP contribution in [0.15, 0.2) is 39.3 Å². The van der Waals surface area contributed by atoms with E-state index in [9.17, 15) is 4.79 Å². The molecule has 1 atom stereocenters. The van der Waals surface area contributed by atoms with Gasteiger partial charge in [-0.3, -0.25) is 10.1 Å². The van der Waals surface area contributed by atoms with E-state index >= 15 is 0 Å². The van der Waals surface area contributed by atoms with Crippen LogP contribution in [0.5, 0.6) is 0 Å². The van der Waals surface area contributed by atoms with Crippen molar-refractivity contribution in [3.05, 3.63) is 34.8 Å². The maximum Gasteiger partial charge on any atom is 0.255 e. The van der Waals surface area contributed by atoms with E-state index in [1.165, 1.54) is 0 Å². The summed E-state index contributed by atoms with van der Waals surface area (Å²) in [6, 6.07) is 9.39. The Morgan fingerprint density at radius 3 is 3.00 bits per heavy atom. The monoisotopic (exact) mass is 336 g/mol. The second kappa shape index (κ2) is 5.76. The van der Waals surface area contributed by atoms with E-state index in [4.69, 9.17) is 9.26 Å². The Morgan fingerprint density at radius 1 is 1.40 bits per heavy atom. The number of nitrogens with zero attached hydrogens (tertiary/aromatic N) is 1. The van der Waals surface area contributed by atoms with Crippen molar-refractivity contribution in [2.75, 3.05) is 11.9 Å². The van der Waals surface area contributed by atoms with Crippen molar-refractivity contribution in [2.24, 2.45) is 0 Å². The molecule has 20 heavy (non-hydrogen) atoms. The molecule has 1 aromatic heterocycles. The van der Waals surface area contributed by atoms with Crippen molar-refractivity contribution in [3.8, 4) is 11.3 Å². The van der Waals surface area contributed by atoms with Crippen LogP contribution in [0.1, 0.15) is 12.8 Å². The summed E-state index contributed by atoms with van der Waals surface area (Å²) in [6.45, 7) is 0.636. The fraction of sp³-hybridized carbons (Fsp3) is 0.286. The molecule has 1 saturated heterocycles. The molecule has 5 nitrogen and oxygen atoms in total. The number of halogens is 1. The standard InChI is InChI=1S/C14H13BrN2O3/c15-10-5-2-1-4-9(10)11-8-13(20-17-11)16-14(18)12-6-3-7-19-12/h1-2,4-5,8,12H,3,6-7H2,(H,16,18)/t12-/m0/s1. The summed E-state index contributed by atoms with van der Waals surface area (Å²) in [7, 11) is 0. The van der Waals surface area contributed by atoms with Gasteiger partial charge in [0, 0.05) is 22.7 Å². The Morgan fingerprint density at radius 2 is 2.25 bits per heavy atom. The molecule has 1 fully saturated rings. The van der Waals surface area contributed by atoms with Crippen LogP contribution >= 0.6 is 15.9 Å². The number of hydrogen-bond donors (Lipinski definition) is 1. The molecule has 0 bridgehead atoms. The zero-order chi connectivity index (χ0) is 13.9. The van der Waals surface area contributed by atoms with E-state index in [1.807, 2.05) is 24.3 Å². The number of ether oxygens (including phenoxy) is 1. The van der Waals surface area contributed by atoms with Crippen LogP contribution in [0.4, 0.5) is 5.88 Å². The highest BCUT2D eigenvalue weighted by atomic mass is 79.9. The molecule has 6 heteroatoms. The lowest BCUT2D eigenvalue weighted by atomic mass is 10.1. The molecule has 1 aromatic carbocycles. The minimum atomic E-state index is -0.382. The zero-order valence-corrected chi connectivity index (χ0v) is 12.2. The van der Waals surface area contributed by atoms with Crippen molar-refractivity contribution < 1.29 is 14.1 Å². The SMILES string of the molecule is O=C(Nc1cc(-c2ccccc2Br)no1)[C@@H]1CCCO1. The number of aromatic nitrogens is 1. The van der Waals surface area contributed by atoms with Crippen LogP contribution in [0.2, 0.25) is 0 Å². The Hall–Kier alpha value is -1.66. The van der Waals surface area contributed by atoms with Crippen molar-refractivity contribution in [3.63, 3.8) is 0 Å². The lowest BCUT2D eigenvalue weighted by Gasteiger charge is -2.06. The summed E-state index contributed by atoms with van der Waals surface area (Å²) in [5, 5.41) is 6.65. The fourth-order valence-corrected chi connectivity index (χ4v) is 2.60. The molecule has 1 aliphatic rings. The molecule has 1 N–H and O–H groups in total. The van der Waals surface area contributed by atoms with Gasteiger partial charge in [0.05, 0.1) is 0 Å². The maximum absolute atomic E-state index is 11.9. The minimum Gasteiger partial charge on any atom is -0.368 e. The average molecular weight is 337 g/mol. The highest BCUT2D eigenvalue weighted by Gasteiger charge is 2.24. The summed E-state index contributed by atoms with van der Waals surface area (Å²) in [5.41, 5.74) is 1.58. The van der Waals surface area contributed by atoms with Crippen LogP contribution in [0.25, 0.3) is 11.3 Å². The van der Waals surface area contributed by atoms with Crippen molar-refractivity contribution in [1.82, 2.24) is 5.16 Å². The van der Waals surface area contributed by atoms with Gasteiger partial charge < -0.3 is 9.26 Å². The fourth-order valence-electron chi connectivity index (χ4n) is 2.12. The molecule has 3 rings (SSSR count). The third-order valence-electron chi connectivity index (χ3n) is 3.13. The van der Waals surface area contributed by atoms with E-state index < -0.39 is 0 Å². The molecule has 0 saturated carbocycles. The van der Waals surface area contributed by atoms with Gasteiger partial charge in [0.25, 0.3) is 5.91 Å². The van der Waals surface area contributed by atoms with Gasteiger partial charge in [0.15, 0.2) is 0 Å². The van der Waals surface area contributed by atoms with Gasteiger partial charge in [-0.05, 0) is 18.9 Å². The topological polar surface area (TPSA) is 64.4 Å². The normalized spacial score (nSPS) is 18.1. The minimum absolute atomic E-state index is 0.183. The van der Waals surface area contributed by atoms with Crippen LogP contribution in [-0.2, 0) is 9.53 Å². The molecular weight excluding hydrogens is 324 g/mol. The van der Waals surface area contributed by atoms with E-state index in [1.54, 1.807) is 6.07 Å². The van der Waals surface area contributed by atoms with Gasteiger partial charge in [-0.15, -0.1) is 0 Å². The molecule has 104 valence electrons. The smallest absolute Gasteiger partial charge is 0.255 e. The van der Waals surface area contributed by atoms with Gasteiger partial charge in [0.1, 0.15) is 11.8 Å². The van der Waals surface area contributed by atoms with Crippen molar-refractivity contribution in [2.45, 2.75) is 18.9 Å². The second-order valence-electron chi connectivity index (χ2n) is 4.55. The van der Waals surface area contributed by atoms with Crippen LogP contribution in [0, 0.1) is 0 Å². The Bertz CT molecular complexity index is 620. The molecule has 1 aliphatic heterocycles. The van der Waals surface area contributed by atoms with Gasteiger partial charge in [-0.25, -0.2) is 0 Å².